The van der Waals surface area contributed by atoms with Crippen LogP contribution in [0.5, 0.6) is 0 Å². The number of fused-ring (bicyclic) bond motifs is 5. The standard InChI is InChI=1S/C22H33F3O/c1-20-11-9-19-17(5-3-15-13-16(26)8-10-21(15,19)2)18(20)6-4-14(20)7-12-22(23,24)25/h3,14,16-19,26H,4-13H2,1-2H3. The fourth-order valence-electron chi connectivity index (χ4n) is 7.56. The molecule has 0 heterocycles. The highest BCUT2D eigenvalue weighted by molar-refractivity contribution is 5.25. The molecule has 0 radical (unpaired) electrons. The van der Waals surface area contributed by atoms with Crippen LogP contribution in [0, 0.1) is 34.5 Å². The average Bonchev–Trinajstić information content (AvgIpc) is 2.89. The number of alkyl halides is 3. The minimum Gasteiger partial charge on any atom is -0.393 e. The molecule has 4 rings (SSSR count). The zero-order valence-corrected chi connectivity index (χ0v) is 16.1. The molecule has 4 aliphatic rings. The Morgan fingerprint density at radius 1 is 1.08 bits per heavy atom. The van der Waals surface area contributed by atoms with Crippen LogP contribution in [-0.2, 0) is 0 Å². The Kier molecular flexibility index (Phi) is 4.53. The normalized spacial score (nSPS) is 48.4. The maximum atomic E-state index is 12.8. The minimum absolute atomic E-state index is 0.0995. The van der Waals surface area contributed by atoms with Crippen molar-refractivity contribution in [2.75, 3.05) is 0 Å². The summed E-state index contributed by atoms with van der Waals surface area (Å²) in [5, 5.41) is 10.1. The van der Waals surface area contributed by atoms with Gasteiger partial charge in [-0.1, -0.05) is 25.5 Å². The molecular formula is C22H33F3O. The van der Waals surface area contributed by atoms with E-state index in [0.717, 1.165) is 51.4 Å². The SMILES string of the molecule is CC12CCC(O)CC1=CCC1C2CCC2(C)C(CCC(F)(F)F)CCC12. The van der Waals surface area contributed by atoms with E-state index in [1.54, 1.807) is 0 Å². The lowest BCUT2D eigenvalue weighted by Crippen LogP contribution is -2.50. The minimum atomic E-state index is -4.02. The Bertz CT molecular complexity index is 582. The molecule has 26 heavy (non-hydrogen) atoms. The van der Waals surface area contributed by atoms with E-state index in [4.69, 9.17) is 0 Å². The molecule has 0 saturated heterocycles. The summed E-state index contributed by atoms with van der Waals surface area (Å²) in [5.74, 6) is 2.12. The molecule has 4 heteroatoms. The van der Waals surface area contributed by atoms with Gasteiger partial charge in [-0.25, -0.2) is 0 Å². The quantitative estimate of drug-likeness (QED) is 0.568. The van der Waals surface area contributed by atoms with Crippen molar-refractivity contribution >= 4 is 0 Å². The van der Waals surface area contributed by atoms with Crippen molar-refractivity contribution in [1.29, 1.82) is 0 Å². The molecule has 1 N–H and O–H groups in total. The van der Waals surface area contributed by atoms with E-state index in [0.29, 0.717) is 24.2 Å². The molecule has 7 atom stereocenters. The van der Waals surface area contributed by atoms with Gasteiger partial charge in [-0.15, -0.1) is 0 Å². The molecule has 0 spiro atoms. The zero-order chi connectivity index (χ0) is 18.7. The van der Waals surface area contributed by atoms with Crippen molar-refractivity contribution in [1.82, 2.24) is 0 Å². The van der Waals surface area contributed by atoms with Gasteiger partial charge in [0.2, 0.25) is 0 Å². The maximum Gasteiger partial charge on any atom is 0.389 e. The van der Waals surface area contributed by atoms with Crippen molar-refractivity contribution in [3.63, 3.8) is 0 Å². The first-order chi connectivity index (χ1) is 12.1. The number of hydrogen-bond acceptors (Lipinski definition) is 1. The average molecular weight is 370 g/mol. The fraction of sp³-hybridized carbons (Fsp3) is 0.909. The van der Waals surface area contributed by atoms with E-state index in [1.807, 2.05) is 0 Å². The molecule has 0 aromatic carbocycles. The third-order valence-electron chi connectivity index (χ3n) is 9.05. The summed E-state index contributed by atoms with van der Waals surface area (Å²) < 4.78 is 38.3. The number of aliphatic hydroxyl groups excluding tert-OH is 1. The van der Waals surface area contributed by atoms with Gasteiger partial charge in [-0.05, 0) is 92.3 Å². The van der Waals surface area contributed by atoms with Gasteiger partial charge >= 0.3 is 6.18 Å². The highest BCUT2D eigenvalue weighted by Crippen LogP contribution is 2.66. The van der Waals surface area contributed by atoms with Gasteiger partial charge in [-0.3, -0.25) is 0 Å². The molecular weight excluding hydrogens is 337 g/mol. The van der Waals surface area contributed by atoms with E-state index in [-0.39, 0.29) is 22.9 Å². The van der Waals surface area contributed by atoms with Gasteiger partial charge in [0.05, 0.1) is 6.10 Å². The lowest BCUT2D eigenvalue weighted by Gasteiger charge is -2.58. The molecule has 0 aromatic rings. The number of allylic oxidation sites excluding steroid dienone is 1. The van der Waals surface area contributed by atoms with Crippen LogP contribution in [0.1, 0.15) is 78.1 Å². The zero-order valence-electron chi connectivity index (χ0n) is 16.1. The third kappa shape index (κ3) is 2.95. The maximum absolute atomic E-state index is 12.8. The summed E-state index contributed by atoms with van der Waals surface area (Å²) >= 11 is 0. The van der Waals surface area contributed by atoms with Gasteiger partial charge in [0, 0.05) is 6.42 Å². The molecule has 0 amide bonds. The smallest absolute Gasteiger partial charge is 0.389 e. The van der Waals surface area contributed by atoms with Gasteiger partial charge in [0.15, 0.2) is 0 Å². The van der Waals surface area contributed by atoms with Crippen LogP contribution >= 0.6 is 0 Å². The van der Waals surface area contributed by atoms with Crippen LogP contribution in [0.3, 0.4) is 0 Å². The van der Waals surface area contributed by atoms with Crippen LogP contribution in [0.25, 0.3) is 0 Å². The van der Waals surface area contributed by atoms with Gasteiger partial charge in [0.1, 0.15) is 0 Å². The van der Waals surface area contributed by atoms with E-state index in [2.05, 4.69) is 19.9 Å². The van der Waals surface area contributed by atoms with Crippen LogP contribution < -0.4 is 0 Å². The molecule has 148 valence electrons. The molecule has 3 fully saturated rings. The van der Waals surface area contributed by atoms with Crippen molar-refractivity contribution < 1.29 is 18.3 Å². The Morgan fingerprint density at radius 3 is 2.58 bits per heavy atom. The second-order valence-corrected chi connectivity index (χ2v) is 10.1. The number of aliphatic hydroxyl groups is 1. The predicted octanol–water partition coefficient (Wildman–Crippen LogP) is 6.27. The van der Waals surface area contributed by atoms with Crippen LogP contribution in [0.15, 0.2) is 11.6 Å². The van der Waals surface area contributed by atoms with Gasteiger partial charge in [0.25, 0.3) is 0 Å². The summed E-state index contributed by atoms with van der Waals surface area (Å²) in [5.41, 5.74) is 1.78. The molecule has 4 aliphatic carbocycles. The first-order valence-electron chi connectivity index (χ1n) is 10.6. The number of halogens is 3. The first kappa shape index (κ1) is 18.8. The van der Waals surface area contributed by atoms with Gasteiger partial charge in [-0.2, -0.15) is 13.2 Å². The highest BCUT2D eigenvalue weighted by Gasteiger charge is 2.58. The molecule has 0 aromatic heterocycles. The lowest BCUT2D eigenvalue weighted by atomic mass is 9.47. The highest BCUT2D eigenvalue weighted by atomic mass is 19.4. The van der Waals surface area contributed by atoms with E-state index < -0.39 is 12.6 Å². The summed E-state index contributed by atoms with van der Waals surface area (Å²) in [6.45, 7) is 4.70. The predicted molar refractivity (Wildman–Crippen MR) is 96.5 cm³/mol. The molecule has 1 nitrogen and oxygen atoms in total. The largest absolute Gasteiger partial charge is 0.393 e. The lowest BCUT2D eigenvalue weighted by molar-refractivity contribution is -0.141. The van der Waals surface area contributed by atoms with Crippen molar-refractivity contribution in [3.8, 4) is 0 Å². The molecule has 3 saturated carbocycles. The van der Waals surface area contributed by atoms with Crippen LogP contribution in [0.2, 0.25) is 0 Å². The van der Waals surface area contributed by atoms with Crippen LogP contribution in [-0.4, -0.2) is 17.4 Å². The third-order valence-corrected chi connectivity index (χ3v) is 9.05. The Morgan fingerprint density at radius 2 is 1.85 bits per heavy atom. The Balaban J connectivity index is 1.54. The van der Waals surface area contributed by atoms with Crippen molar-refractivity contribution in [3.05, 3.63) is 11.6 Å². The fourth-order valence-corrected chi connectivity index (χ4v) is 7.56. The van der Waals surface area contributed by atoms with Crippen LogP contribution in [0.4, 0.5) is 13.2 Å². The summed E-state index contributed by atoms with van der Waals surface area (Å²) in [6, 6.07) is 0. The summed E-state index contributed by atoms with van der Waals surface area (Å²) in [4.78, 5) is 0. The number of hydrogen-bond donors (Lipinski definition) is 1. The topological polar surface area (TPSA) is 20.2 Å². The summed E-state index contributed by atoms with van der Waals surface area (Å²) in [6.07, 6.45) is 6.11. The van der Waals surface area contributed by atoms with Crippen molar-refractivity contribution in [2.45, 2.75) is 90.3 Å². The second-order valence-electron chi connectivity index (χ2n) is 10.1. The second kappa shape index (κ2) is 6.25. The van der Waals surface area contributed by atoms with E-state index in [1.165, 1.54) is 5.57 Å². The Labute approximate surface area is 155 Å². The monoisotopic (exact) mass is 370 g/mol. The number of rotatable bonds is 2. The molecule has 0 aliphatic heterocycles. The first-order valence-corrected chi connectivity index (χ1v) is 10.6. The van der Waals surface area contributed by atoms with Crippen molar-refractivity contribution in [2.24, 2.45) is 34.5 Å². The van der Waals surface area contributed by atoms with Gasteiger partial charge < -0.3 is 5.11 Å². The Hall–Kier alpha value is -0.510. The molecule has 7 unspecified atom stereocenters. The molecule has 0 bridgehead atoms. The summed E-state index contributed by atoms with van der Waals surface area (Å²) in [7, 11) is 0. The van der Waals surface area contributed by atoms with E-state index >= 15 is 0 Å². The van der Waals surface area contributed by atoms with E-state index in [9.17, 15) is 18.3 Å².